The van der Waals surface area contributed by atoms with Crippen molar-refractivity contribution in [2.45, 2.75) is 51.0 Å². The van der Waals surface area contributed by atoms with Crippen LogP contribution < -0.4 is 10.5 Å². The first-order chi connectivity index (χ1) is 12.5. The summed E-state index contributed by atoms with van der Waals surface area (Å²) in [5.74, 6) is 1.41. The van der Waals surface area contributed by atoms with Gasteiger partial charge >= 0.3 is 0 Å². The van der Waals surface area contributed by atoms with Crippen molar-refractivity contribution < 1.29 is 9.53 Å². The number of piperidine rings is 1. The van der Waals surface area contributed by atoms with Gasteiger partial charge in [-0.1, -0.05) is 29.3 Å². The van der Waals surface area contributed by atoms with E-state index in [-0.39, 0.29) is 17.9 Å². The Morgan fingerprint density at radius 1 is 1.12 bits per heavy atom. The number of hydrogen-bond donors (Lipinski definition) is 1. The Hall–Kier alpha value is -0.970. The molecule has 2 fully saturated rings. The SMILES string of the molecule is NC(=O)[C@H]1CC[C@H](CCN2CCC(Oc3cccc(Cl)c3Cl)CC2)CC1. The second kappa shape index (κ2) is 9.29. The number of hydrogen-bond acceptors (Lipinski definition) is 3. The van der Waals surface area contributed by atoms with Gasteiger partial charge in [0.2, 0.25) is 5.91 Å². The van der Waals surface area contributed by atoms with Gasteiger partial charge in [-0.15, -0.1) is 0 Å². The minimum atomic E-state index is -0.120. The Bertz CT molecular complexity index is 610. The van der Waals surface area contributed by atoms with Crippen molar-refractivity contribution in [2.24, 2.45) is 17.6 Å². The first-order valence-corrected chi connectivity index (χ1v) is 10.4. The van der Waals surface area contributed by atoms with Crippen molar-refractivity contribution in [1.29, 1.82) is 0 Å². The Morgan fingerprint density at radius 3 is 2.46 bits per heavy atom. The highest BCUT2D eigenvalue weighted by Gasteiger charge is 2.26. The minimum Gasteiger partial charge on any atom is -0.489 e. The van der Waals surface area contributed by atoms with Crippen LogP contribution in [0.1, 0.15) is 44.9 Å². The van der Waals surface area contributed by atoms with Crippen LogP contribution in [-0.4, -0.2) is 36.5 Å². The molecule has 2 aliphatic rings. The number of benzene rings is 1. The van der Waals surface area contributed by atoms with Gasteiger partial charge < -0.3 is 15.4 Å². The van der Waals surface area contributed by atoms with Crippen LogP contribution in [0.2, 0.25) is 10.0 Å². The molecule has 1 saturated carbocycles. The summed E-state index contributed by atoms with van der Waals surface area (Å²) < 4.78 is 6.06. The van der Waals surface area contributed by atoms with Crippen LogP contribution in [0.5, 0.6) is 5.75 Å². The maximum atomic E-state index is 11.3. The zero-order valence-corrected chi connectivity index (χ0v) is 16.6. The second-order valence-corrected chi connectivity index (χ2v) is 8.40. The number of carbonyl (C=O) groups excluding carboxylic acids is 1. The molecule has 1 amide bonds. The monoisotopic (exact) mass is 398 g/mol. The highest BCUT2D eigenvalue weighted by Crippen LogP contribution is 2.34. The van der Waals surface area contributed by atoms with Crippen molar-refractivity contribution in [3.05, 3.63) is 28.2 Å². The topological polar surface area (TPSA) is 55.6 Å². The molecule has 0 unspecified atom stereocenters. The molecular formula is C20H28Cl2N2O2. The normalized spacial score (nSPS) is 25.2. The van der Waals surface area contributed by atoms with Gasteiger partial charge in [-0.05, 0) is 69.5 Å². The number of likely N-dealkylation sites (tertiary alicyclic amines) is 1. The summed E-state index contributed by atoms with van der Waals surface area (Å²) in [5, 5.41) is 1.04. The maximum absolute atomic E-state index is 11.3. The van der Waals surface area contributed by atoms with E-state index >= 15 is 0 Å². The molecule has 1 heterocycles. The zero-order chi connectivity index (χ0) is 18.5. The molecular weight excluding hydrogens is 371 g/mol. The molecule has 4 nitrogen and oxygen atoms in total. The molecule has 0 aromatic heterocycles. The lowest BCUT2D eigenvalue weighted by Crippen LogP contribution is -2.39. The van der Waals surface area contributed by atoms with E-state index in [2.05, 4.69) is 4.90 Å². The Morgan fingerprint density at radius 2 is 1.81 bits per heavy atom. The fourth-order valence-electron chi connectivity index (χ4n) is 4.11. The van der Waals surface area contributed by atoms with Gasteiger partial charge in [0.05, 0.1) is 5.02 Å². The predicted octanol–water partition coefficient (Wildman–Crippen LogP) is 4.52. The summed E-state index contributed by atoms with van der Waals surface area (Å²) in [5.41, 5.74) is 5.41. The molecule has 144 valence electrons. The molecule has 26 heavy (non-hydrogen) atoms. The summed E-state index contributed by atoms with van der Waals surface area (Å²) in [7, 11) is 0. The number of nitrogens with zero attached hydrogens (tertiary/aromatic N) is 1. The molecule has 1 aromatic rings. The van der Waals surface area contributed by atoms with Crippen molar-refractivity contribution in [2.75, 3.05) is 19.6 Å². The van der Waals surface area contributed by atoms with Gasteiger partial charge in [-0.25, -0.2) is 0 Å². The number of halogens is 2. The van der Waals surface area contributed by atoms with E-state index in [9.17, 15) is 4.79 Å². The molecule has 1 aliphatic heterocycles. The predicted molar refractivity (Wildman–Crippen MR) is 106 cm³/mol. The van der Waals surface area contributed by atoms with E-state index in [1.807, 2.05) is 12.1 Å². The van der Waals surface area contributed by atoms with Gasteiger partial charge in [-0.2, -0.15) is 0 Å². The van der Waals surface area contributed by atoms with Crippen LogP contribution in [0.15, 0.2) is 18.2 Å². The lowest BCUT2D eigenvalue weighted by atomic mass is 9.80. The molecule has 3 rings (SSSR count). The molecule has 0 spiro atoms. The first-order valence-electron chi connectivity index (χ1n) is 9.65. The smallest absolute Gasteiger partial charge is 0.220 e. The van der Waals surface area contributed by atoms with Gasteiger partial charge in [-0.3, -0.25) is 4.79 Å². The molecule has 1 saturated heterocycles. The van der Waals surface area contributed by atoms with Crippen molar-refractivity contribution >= 4 is 29.1 Å². The van der Waals surface area contributed by atoms with E-state index in [0.29, 0.717) is 15.8 Å². The number of rotatable bonds is 6. The van der Waals surface area contributed by atoms with Crippen LogP contribution >= 0.6 is 23.2 Å². The Balaban J connectivity index is 1.36. The minimum absolute atomic E-state index is 0.109. The molecule has 0 radical (unpaired) electrons. The third kappa shape index (κ3) is 5.28. The van der Waals surface area contributed by atoms with Gasteiger partial charge in [0.15, 0.2) is 0 Å². The van der Waals surface area contributed by atoms with E-state index in [4.69, 9.17) is 33.7 Å². The van der Waals surface area contributed by atoms with E-state index in [1.165, 1.54) is 6.42 Å². The lowest BCUT2D eigenvalue weighted by molar-refractivity contribution is -0.123. The highest BCUT2D eigenvalue weighted by atomic mass is 35.5. The largest absolute Gasteiger partial charge is 0.489 e. The quantitative estimate of drug-likeness (QED) is 0.765. The van der Waals surface area contributed by atoms with E-state index in [1.54, 1.807) is 6.07 Å². The molecule has 0 atom stereocenters. The number of primary amides is 1. The summed E-state index contributed by atoms with van der Waals surface area (Å²) in [6, 6.07) is 5.52. The number of carbonyl (C=O) groups is 1. The molecule has 1 aromatic carbocycles. The summed E-state index contributed by atoms with van der Waals surface area (Å²) in [4.78, 5) is 13.8. The van der Waals surface area contributed by atoms with Crippen molar-refractivity contribution in [3.8, 4) is 5.75 Å². The van der Waals surface area contributed by atoms with Gasteiger partial charge in [0.1, 0.15) is 16.9 Å². The maximum Gasteiger partial charge on any atom is 0.220 e. The van der Waals surface area contributed by atoms with Crippen molar-refractivity contribution in [3.63, 3.8) is 0 Å². The average molecular weight is 399 g/mol. The lowest BCUT2D eigenvalue weighted by Gasteiger charge is -2.34. The highest BCUT2D eigenvalue weighted by molar-refractivity contribution is 6.42. The molecule has 6 heteroatoms. The van der Waals surface area contributed by atoms with Crippen LogP contribution in [-0.2, 0) is 4.79 Å². The van der Waals surface area contributed by atoms with Gasteiger partial charge in [0.25, 0.3) is 0 Å². The summed E-state index contributed by atoms with van der Waals surface area (Å²) >= 11 is 12.3. The van der Waals surface area contributed by atoms with Crippen molar-refractivity contribution in [1.82, 2.24) is 4.90 Å². The average Bonchev–Trinajstić information content (AvgIpc) is 2.65. The summed E-state index contributed by atoms with van der Waals surface area (Å²) in [6.45, 7) is 3.25. The van der Waals surface area contributed by atoms with Crippen LogP contribution in [0, 0.1) is 11.8 Å². The van der Waals surface area contributed by atoms with E-state index < -0.39 is 0 Å². The standard InChI is InChI=1S/C20H28Cl2N2O2/c21-17-2-1-3-18(19(17)22)26-16-9-12-24(13-10-16)11-8-14-4-6-15(7-5-14)20(23)25/h1-3,14-16H,4-13H2,(H2,23,25)/t14-,15-. The van der Waals surface area contributed by atoms with E-state index in [0.717, 1.165) is 64.1 Å². The van der Waals surface area contributed by atoms with Crippen LogP contribution in [0.25, 0.3) is 0 Å². The van der Waals surface area contributed by atoms with Gasteiger partial charge in [0, 0.05) is 19.0 Å². The Kier molecular flexibility index (Phi) is 7.07. The van der Waals surface area contributed by atoms with Crippen LogP contribution in [0.4, 0.5) is 0 Å². The molecule has 1 aliphatic carbocycles. The fourth-order valence-corrected chi connectivity index (χ4v) is 4.44. The second-order valence-electron chi connectivity index (χ2n) is 7.62. The zero-order valence-electron chi connectivity index (χ0n) is 15.1. The first kappa shape index (κ1) is 19.8. The number of nitrogens with two attached hydrogens (primary N) is 1. The molecule has 0 bridgehead atoms. The van der Waals surface area contributed by atoms with Crippen LogP contribution in [0.3, 0.4) is 0 Å². The third-order valence-electron chi connectivity index (χ3n) is 5.85. The third-order valence-corrected chi connectivity index (χ3v) is 6.65. The Labute approximate surface area is 166 Å². The molecule has 2 N–H and O–H groups in total. The number of ether oxygens (including phenoxy) is 1. The fraction of sp³-hybridized carbons (Fsp3) is 0.650. The number of amides is 1. The summed E-state index contributed by atoms with van der Waals surface area (Å²) in [6.07, 6.45) is 7.66.